The first kappa shape index (κ1) is 16.1. The Balaban J connectivity index is 2.16. The summed E-state index contributed by atoms with van der Waals surface area (Å²) in [5.41, 5.74) is -0.437. The summed E-state index contributed by atoms with van der Waals surface area (Å²) >= 11 is 4.43. The van der Waals surface area contributed by atoms with Gasteiger partial charge in [-0.3, -0.25) is 10.1 Å². The van der Waals surface area contributed by atoms with Gasteiger partial charge in [-0.25, -0.2) is 4.39 Å². The lowest BCUT2D eigenvalue weighted by Crippen LogP contribution is -2.30. The minimum absolute atomic E-state index is 0.115. The molecule has 0 heterocycles. The molecule has 0 N–H and O–H groups in total. The van der Waals surface area contributed by atoms with E-state index in [9.17, 15) is 14.5 Å². The van der Waals surface area contributed by atoms with Gasteiger partial charge in [0.05, 0.1) is 11.5 Å². The Morgan fingerprint density at radius 2 is 1.95 bits per heavy atom. The lowest BCUT2D eigenvalue weighted by Gasteiger charge is -2.30. The Labute approximate surface area is 129 Å². The first-order chi connectivity index (χ1) is 10.1. The second-order valence-electron chi connectivity index (χ2n) is 5.71. The minimum Gasteiger partial charge on any atom is -0.484 e. The molecule has 6 heteroatoms. The Morgan fingerprint density at radius 3 is 2.52 bits per heavy atom. The minimum atomic E-state index is -0.688. The third-order valence-electron chi connectivity index (χ3n) is 4.17. The van der Waals surface area contributed by atoms with Gasteiger partial charge in [-0.15, -0.1) is 0 Å². The van der Waals surface area contributed by atoms with Crippen molar-refractivity contribution in [3.63, 3.8) is 0 Å². The summed E-state index contributed by atoms with van der Waals surface area (Å²) in [4.78, 5) is 10.4. The maximum atomic E-state index is 13.8. The van der Waals surface area contributed by atoms with Crippen LogP contribution in [0.3, 0.4) is 0 Å². The van der Waals surface area contributed by atoms with E-state index in [0.717, 1.165) is 25.7 Å². The van der Waals surface area contributed by atoms with Gasteiger partial charge in [0.2, 0.25) is 5.75 Å². The Hall–Kier alpha value is -1.30. The van der Waals surface area contributed by atoms with Crippen molar-refractivity contribution < 1.29 is 14.1 Å². The van der Waals surface area contributed by atoms with E-state index in [-0.39, 0.29) is 23.5 Å². The van der Waals surface area contributed by atoms with Crippen LogP contribution < -0.4 is 4.74 Å². The highest BCUT2D eigenvalue weighted by atomic mass is 32.1. The van der Waals surface area contributed by atoms with E-state index in [4.69, 9.17) is 4.74 Å². The smallest absolute Gasteiger partial charge is 0.314 e. The van der Waals surface area contributed by atoms with Crippen molar-refractivity contribution in [2.45, 2.75) is 38.5 Å². The summed E-state index contributed by atoms with van der Waals surface area (Å²) in [7, 11) is 0. The van der Waals surface area contributed by atoms with Crippen molar-refractivity contribution in [3.8, 4) is 5.75 Å². The van der Waals surface area contributed by atoms with Gasteiger partial charge in [0.25, 0.3) is 0 Å². The molecule has 1 aromatic rings. The molecular formula is C15H20FNO3S. The maximum absolute atomic E-state index is 13.8. The second kappa shape index (κ2) is 7.11. The summed E-state index contributed by atoms with van der Waals surface area (Å²) in [6.07, 6.45) is 6.52. The predicted octanol–water partition coefficient (Wildman–Crippen LogP) is 4.38. The maximum Gasteiger partial charge on any atom is 0.314 e. The van der Waals surface area contributed by atoms with Crippen LogP contribution in [0.1, 0.15) is 38.5 Å². The van der Waals surface area contributed by atoms with Gasteiger partial charge in [0.15, 0.2) is 5.82 Å². The largest absolute Gasteiger partial charge is 0.484 e. The van der Waals surface area contributed by atoms with Crippen molar-refractivity contribution in [2.24, 2.45) is 5.41 Å². The Bertz CT molecular complexity index is 502. The van der Waals surface area contributed by atoms with Crippen LogP contribution in [0.25, 0.3) is 0 Å². The van der Waals surface area contributed by atoms with Gasteiger partial charge in [-0.1, -0.05) is 31.7 Å². The van der Waals surface area contributed by atoms with E-state index >= 15 is 0 Å². The highest BCUT2D eigenvalue weighted by molar-refractivity contribution is 7.80. The Kier molecular flexibility index (Phi) is 5.45. The molecule has 21 heavy (non-hydrogen) atoms. The number of halogens is 1. The molecule has 0 spiro atoms. The molecule has 1 aliphatic rings. The van der Waals surface area contributed by atoms with Crippen molar-refractivity contribution in [2.75, 3.05) is 12.4 Å². The molecule has 0 saturated heterocycles. The van der Waals surface area contributed by atoms with E-state index in [2.05, 4.69) is 12.6 Å². The third kappa shape index (κ3) is 3.87. The highest BCUT2D eigenvalue weighted by Crippen LogP contribution is 2.38. The summed E-state index contributed by atoms with van der Waals surface area (Å²) < 4.78 is 19.4. The molecule has 1 fully saturated rings. The fourth-order valence-corrected chi connectivity index (χ4v) is 3.24. The van der Waals surface area contributed by atoms with Gasteiger partial charge in [0, 0.05) is 11.5 Å². The molecule has 0 amide bonds. The first-order valence-electron chi connectivity index (χ1n) is 7.24. The molecule has 0 atom stereocenters. The molecule has 4 nitrogen and oxygen atoms in total. The lowest BCUT2D eigenvalue weighted by molar-refractivity contribution is -0.386. The van der Waals surface area contributed by atoms with Crippen LogP contribution in [0.5, 0.6) is 5.75 Å². The molecule has 2 rings (SSSR count). The zero-order chi connectivity index (χ0) is 15.3. The monoisotopic (exact) mass is 313 g/mol. The van der Waals surface area contributed by atoms with Crippen molar-refractivity contribution >= 4 is 18.3 Å². The third-order valence-corrected chi connectivity index (χ3v) is 4.84. The zero-order valence-corrected chi connectivity index (χ0v) is 12.8. The fourth-order valence-electron chi connectivity index (χ4n) is 2.84. The molecule has 0 radical (unpaired) electrons. The van der Waals surface area contributed by atoms with Crippen LogP contribution in [-0.4, -0.2) is 17.3 Å². The van der Waals surface area contributed by atoms with Crippen LogP contribution in [0.4, 0.5) is 10.1 Å². The van der Waals surface area contributed by atoms with E-state index < -0.39 is 10.7 Å². The zero-order valence-electron chi connectivity index (χ0n) is 11.9. The number of hydrogen-bond acceptors (Lipinski definition) is 4. The normalized spacial score (nSPS) is 18.0. The summed E-state index contributed by atoms with van der Waals surface area (Å²) in [5.74, 6) is -0.296. The average Bonchev–Trinajstić information content (AvgIpc) is 2.72. The standard InChI is InChI=1S/C15H20FNO3S/c16-12-6-5-7-13(17(18)19)14(12)20-10-15(11-21)8-3-1-2-4-9-15/h5-7,21H,1-4,8-11H2. The second-order valence-corrected chi connectivity index (χ2v) is 6.02. The van der Waals surface area contributed by atoms with Gasteiger partial charge < -0.3 is 4.74 Å². The number of nitro groups is 1. The van der Waals surface area contributed by atoms with Gasteiger partial charge in [0.1, 0.15) is 0 Å². The van der Waals surface area contributed by atoms with E-state index in [1.54, 1.807) is 0 Å². The lowest BCUT2D eigenvalue weighted by atomic mass is 9.83. The number of benzene rings is 1. The fraction of sp³-hybridized carbons (Fsp3) is 0.600. The number of nitrogens with zero attached hydrogens (tertiary/aromatic N) is 1. The van der Waals surface area contributed by atoms with Gasteiger partial charge in [-0.2, -0.15) is 12.6 Å². The predicted molar refractivity (Wildman–Crippen MR) is 82.5 cm³/mol. The first-order valence-corrected chi connectivity index (χ1v) is 7.88. The van der Waals surface area contributed by atoms with Crippen LogP contribution in [0.15, 0.2) is 18.2 Å². The number of rotatable bonds is 5. The number of para-hydroxylation sites is 1. The average molecular weight is 313 g/mol. The number of ether oxygens (including phenoxy) is 1. The van der Waals surface area contributed by atoms with Crippen LogP contribution in [0, 0.1) is 21.3 Å². The van der Waals surface area contributed by atoms with Crippen molar-refractivity contribution in [3.05, 3.63) is 34.1 Å². The van der Waals surface area contributed by atoms with E-state index in [0.29, 0.717) is 5.75 Å². The summed E-state index contributed by atoms with van der Waals surface area (Å²) in [5, 5.41) is 11.0. The molecule has 0 bridgehead atoms. The summed E-state index contributed by atoms with van der Waals surface area (Å²) in [6.45, 7) is 0.276. The molecule has 0 aliphatic heterocycles. The van der Waals surface area contributed by atoms with Crippen molar-refractivity contribution in [1.29, 1.82) is 0 Å². The molecule has 0 unspecified atom stereocenters. The number of thiol groups is 1. The van der Waals surface area contributed by atoms with E-state index in [1.807, 2.05) is 0 Å². The quantitative estimate of drug-likeness (QED) is 0.380. The Morgan fingerprint density at radius 1 is 1.29 bits per heavy atom. The van der Waals surface area contributed by atoms with Gasteiger partial charge in [-0.05, 0) is 24.7 Å². The molecule has 1 aromatic carbocycles. The highest BCUT2D eigenvalue weighted by Gasteiger charge is 2.32. The molecule has 1 aliphatic carbocycles. The SMILES string of the molecule is O=[N+]([O-])c1cccc(F)c1OCC1(CS)CCCCCC1. The number of nitro benzene ring substituents is 1. The number of hydrogen-bond donors (Lipinski definition) is 1. The molecular weight excluding hydrogens is 293 g/mol. The summed E-state index contributed by atoms with van der Waals surface area (Å²) in [6, 6.07) is 3.77. The molecule has 0 aromatic heterocycles. The van der Waals surface area contributed by atoms with Crippen LogP contribution in [-0.2, 0) is 0 Å². The molecule has 116 valence electrons. The molecule has 1 saturated carbocycles. The topological polar surface area (TPSA) is 52.4 Å². The van der Waals surface area contributed by atoms with Crippen LogP contribution in [0.2, 0.25) is 0 Å². The van der Waals surface area contributed by atoms with E-state index in [1.165, 1.54) is 31.0 Å². The van der Waals surface area contributed by atoms with Gasteiger partial charge >= 0.3 is 5.69 Å². The van der Waals surface area contributed by atoms with Crippen molar-refractivity contribution in [1.82, 2.24) is 0 Å². The van der Waals surface area contributed by atoms with Crippen LogP contribution >= 0.6 is 12.6 Å².